The Balaban J connectivity index is 1.96. The van der Waals surface area contributed by atoms with Gasteiger partial charge < -0.3 is 19.6 Å². The van der Waals surface area contributed by atoms with Gasteiger partial charge in [0.2, 0.25) is 0 Å². The van der Waals surface area contributed by atoms with Crippen LogP contribution >= 0.6 is 0 Å². The van der Waals surface area contributed by atoms with Crippen LogP contribution in [-0.2, 0) is 16.1 Å². The zero-order chi connectivity index (χ0) is 15.3. The van der Waals surface area contributed by atoms with Crippen molar-refractivity contribution in [2.75, 3.05) is 6.61 Å². The second-order valence-electron chi connectivity index (χ2n) is 6.07. The molecule has 3 heterocycles. The van der Waals surface area contributed by atoms with Crippen LogP contribution in [0.3, 0.4) is 0 Å². The maximum atomic E-state index is 9.53. The maximum Gasteiger partial charge on any atom is 0.163 e. The van der Waals surface area contributed by atoms with Gasteiger partial charge in [-0.05, 0) is 26.0 Å². The van der Waals surface area contributed by atoms with E-state index >= 15 is 0 Å². The summed E-state index contributed by atoms with van der Waals surface area (Å²) >= 11 is 0. The van der Waals surface area contributed by atoms with Crippen molar-refractivity contribution in [3.63, 3.8) is 0 Å². The Kier molecular flexibility index (Phi) is 2.97. The van der Waals surface area contributed by atoms with Crippen molar-refractivity contribution in [1.82, 2.24) is 9.97 Å². The Morgan fingerprint density at radius 3 is 2.86 bits per heavy atom. The first-order chi connectivity index (χ1) is 10.6. The zero-order valence-corrected chi connectivity index (χ0v) is 12.6. The van der Waals surface area contributed by atoms with E-state index in [0.29, 0.717) is 12.3 Å². The molecule has 1 aromatic carbocycles. The molecule has 0 bridgehead atoms. The Labute approximate surface area is 127 Å². The SMILES string of the molecule is CC1(C)OC[C@@H](c2nc(CO)cc3c2[nH]c2ccccc23)O1. The molecule has 1 aliphatic heterocycles. The van der Waals surface area contributed by atoms with Gasteiger partial charge in [0.1, 0.15) is 6.10 Å². The molecule has 3 aromatic rings. The van der Waals surface area contributed by atoms with Gasteiger partial charge in [-0.2, -0.15) is 0 Å². The van der Waals surface area contributed by atoms with E-state index < -0.39 is 5.79 Å². The molecule has 0 aliphatic carbocycles. The quantitative estimate of drug-likeness (QED) is 0.763. The Hall–Kier alpha value is -1.95. The van der Waals surface area contributed by atoms with Crippen LogP contribution in [0, 0.1) is 0 Å². The molecule has 2 N–H and O–H groups in total. The van der Waals surface area contributed by atoms with Gasteiger partial charge in [-0.3, -0.25) is 4.98 Å². The van der Waals surface area contributed by atoms with E-state index in [2.05, 4.69) is 16.0 Å². The fourth-order valence-corrected chi connectivity index (χ4v) is 3.06. The lowest BCUT2D eigenvalue weighted by molar-refractivity contribution is -0.139. The molecular weight excluding hydrogens is 280 g/mol. The normalized spacial score (nSPS) is 21.0. The molecule has 0 spiro atoms. The highest BCUT2D eigenvalue weighted by molar-refractivity contribution is 6.08. The van der Waals surface area contributed by atoms with Gasteiger partial charge in [0.05, 0.1) is 30.1 Å². The topological polar surface area (TPSA) is 67.4 Å². The number of ether oxygens (including phenoxy) is 2. The lowest BCUT2D eigenvalue weighted by atomic mass is 10.1. The second-order valence-corrected chi connectivity index (χ2v) is 6.07. The van der Waals surface area contributed by atoms with Crippen molar-refractivity contribution in [3.8, 4) is 0 Å². The summed E-state index contributed by atoms with van der Waals surface area (Å²) in [6.45, 7) is 4.15. The minimum atomic E-state index is -0.611. The number of aromatic amines is 1. The van der Waals surface area contributed by atoms with Crippen molar-refractivity contribution in [2.45, 2.75) is 32.3 Å². The fourth-order valence-electron chi connectivity index (χ4n) is 3.06. The number of fused-ring (bicyclic) bond motifs is 3. The van der Waals surface area contributed by atoms with Crippen LogP contribution in [-0.4, -0.2) is 27.5 Å². The van der Waals surface area contributed by atoms with Gasteiger partial charge in [-0.25, -0.2) is 0 Å². The van der Waals surface area contributed by atoms with Gasteiger partial charge in [0, 0.05) is 16.3 Å². The van der Waals surface area contributed by atoms with Crippen molar-refractivity contribution in [2.24, 2.45) is 0 Å². The van der Waals surface area contributed by atoms with Crippen molar-refractivity contribution in [1.29, 1.82) is 0 Å². The van der Waals surface area contributed by atoms with Crippen LogP contribution in [0.25, 0.3) is 21.8 Å². The molecule has 0 radical (unpaired) electrons. The number of rotatable bonds is 2. The average Bonchev–Trinajstić information content (AvgIpc) is 3.06. The third-order valence-electron chi connectivity index (χ3n) is 4.05. The van der Waals surface area contributed by atoms with E-state index in [-0.39, 0.29) is 12.7 Å². The number of nitrogens with one attached hydrogen (secondary N) is 1. The molecule has 5 nitrogen and oxygen atoms in total. The smallest absolute Gasteiger partial charge is 0.163 e. The predicted molar refractivity (Wildman–Crippen MR) is 83.4 cm³/mol. The standard InChI is InChI=1S/C17H18N2O3/c1-17(2)21-9-14(22-17)16-15-12(7-10(8-20)18-16)11-5-3-4-6-13(11)19-15/h3-7,14,19-20H,8-9H2,1-2H3/t14-/m0/s1. The van der Waals surface area contributed by atoms with Crippen LogP contribution in [0.4, 0.5) is 0 Å². The summed E-state index contributed by atoms with van der Waals surface area (Å²) in [5.74, 6) is -0.611. The van der Waals surface area contributed by atoms with Crippen LogP contribution in [0.5, 0.6) is 0 Å². The van der Waals surface area contributed by atoms with Crippen LogP contribution in [0.1, 0.15) is 31.3 Å². The van der Waals surface area contributed by atoms with Gasteiger partial charge in [-0.15, -0.1) is 0 Å². The van der Waals surface area contributed by atoms with Crippen LogP contribution in [0.2, 0.25) is 0 Å². The number of nitrogens with zero attached hydrogens (tertiary/aromatic N) is 1. The number of aromatic nitrogens is 2. The number of hydrogen-bond acceptors (Lipinski definition) is 4. The molecule has 1 saturated heterocycles. The Morgan fingerprint density at radius 2 is 2.14 bits per heavy atom. The molecule has 1 atom stereocenters. The number of H-pyrrole nitrogens is 1. The van der Waals surface area contributed by atoms with Gasteiger partial charge in [0.15, 0.2) is 5.79 Å². The zero-order valence-electron chi connectivity index (χ0n) is 12.6. The van der Waals surface area contributed by atoms with E-state index in [4.69, 9.17) is 9.47 Å². The molecule has 0 saturated carbocycles. The number of hydrogen-bond donors (Lipinski definition) is 2. The van der Waals surface area contributed by atoms with E-state index in [9.17, 15) is 5.11 Å². The summed E-state index contributed by atoms with van der Waals surface area (Å²) in [5.41, 5.74) is 3.43. The molecule has 22 heavy (non-hydrogen) atoms. The van der Waals surface area contributed by atoms with Gasteiger partial charge >= 0.3 is 0 Å². The lowest BCUT2D eigenvalue weighted by Gasteiger charge is -2.17. The fraction of sp³-hybridized carbons (Fsp3) is 0.353. The third kappa shape index (κ3) is 2.09. The highest BCUT2D eigenvalue weighted by Gasteiger charge is 2.35. The van der Waals surface area contributed by atoms with E-state index in [1.807, 2.05) is 38.1 Å². The van der Waals surface area contributed by atoms with Crippen molar-refractivity contribution >= 4 is 21.8 Å². The average molecular weight is 298 g/mol. The third-order valence-corrected chi connectivity index (χ3v) is 4.05. The van der Waals surface area contributed by atoms with Crippen molar-refractivity contribution in [3.05, 3.63) is 41.7 Å². The number of benzene rings is 1. The number of aliphatic hydroxyl groups is 1. The molecule has 5 heteroatoms. The largest absolute Gasteiger partial charge is 0.390 e. The van der Waals surface area contributed by atoms with E-state index in [0.717, 1.165) is 27.5 Å². The first-order valence-corrected chi connectivity index (χ1v) is 7.40. The maximum absolute atomic E-state index is 9.53. The monoisotopic (exact) mass is 298 g/mol. The molecule has 114 valence electrons. The minimum Gasteiger partial charge on any atom is -0.390 e. The molecular formula is C17H18N2O3. The Bertz CT molecular complexity index is 854. The summed E-state index contributed by atoms with van der Waals surface area (Å²) in [6.07, 6.45) is -0.239. The first kappa shape index (κ1) is 13.7. The summed E-state index contributed by atoms with van der Waals surface area (Å²) in [4.78, 5) is 8.00. The second kappa shape index (κ2) is 4.78. The molecule has 1 aliphatic rings. The van der Waals surface area contributed by atoms with Crippen molar-refractivity contribution < 1.29 is 14.6 Å². The van der Waals surface area contributed by atoms with E-state index in [1.54, 1.807) is 0 Å². The predicted octanol–water partition coefficient (Wildman–Crippen LogP) is 3.03. The molecule has 0 amide bonds. The number of pyridine rings is 1. The molecule has 0 unspecified atom stereocenters. The van der Waals surface area contributed by atoms with Gasteiger partial charge in [0.25, 0.3) is 0 Å². The van der Waals surface area contributed by atoms with Gasteiger partial charge in [-0.1, -0.05) is 18.2 Å². The summed E-state index contributed by atoms with van der Waals surface area (Å²) in [7, 11) is 0. The minimum absolute atomic E-state index is 0.0978. The molecule has 2 aromatic heterocycles. The number of aliphatic hydroxyl groups excluding tert-OH is 1. The summed E-state index contributed by atoms with van der Waals surface area (Å²) in [6, 6.07) is 10.0. The highest BCUT2D eigenvalue weighted by atomic mass is 16.7. The highest BCUT2D eigenvalue weighted by Crippen LogP contribution is 2.37. The molecule has 4 rings (SSSR count). The summed E-state index contributed by atoms with van der Waals surface area (Å²) in [5, 5.41) is 11.7. The van der Waals surface area contributed by atoms with E-state index in [1.165, 1.54) is 0 Å². The number of para-hydroxylation sites is 1. The first-order valence-electron chi connectivity index (χ1n) is 7.40. The van der Waals surface area contributed by atoms with Crippen LogP contribution < -0.4 is 0 Å². The summed E-state index contributed by atoms with van der Waals surface area (Å²) < 4.78 is 11.6. The lowest BCUT2D eigenvalue weighted by Crippen LogP contribution is -2.20. The Morgan fingerprint density at radius 1 is 1.32 bits per heavy atom. The molecule has 1 fully saturated rings. The van der Waals surface area contributed by atoms with Crippen LogP contribution in [0.15, 0.2) is 30.3 Å².